The maximum Gasteiger partial charge on any atom is 0.410 e. The van der Waals surface area contributed by atoms with Gasteiger partial charge in [-0.15, -0.1) is 0 Å². The van der Waals surface area contributed by atoms with E-state index in [1.165, 1.54) is 6.20 Å². The van der Waals surface area contributed by atoms with Crippen LogP contribution in [0.5, 0.6) is 0 Å². The van der Waals surface area contributed by atoms with E-state index in [0.29, 0.717) is 17.3 Å². The van der Waals surface area contributed by atoms with E-state index in [0.717, 1.165) is 12.8 Å². The normalized spacial score (nSPS) is 20.0. The van der Waals surface area contributed by atoms with Gasteiger partial charge < -0.3 is 9.64 Å². The van der Waals surface area contributed by atoms with E-state index in [1.807, 2.05) is 20.8 Å². The molecule has 0 bridgehead atoms. The SMILES string of the molecule is CC(C)(C)OC(=O)N1CCC[C@H]1C[S@@](=O)c1ccnc(Cl)n1. The Morgan fingerprint density at radius 3 is 2.91 bits per heavy atom. The minimum Gasteiger partial charge on any atom is -0.444 e. The Morgan fingerprint density at radius 2 is 2.27 bits per heavy atom. The van der Waals surface area contributed by atoms with Crippen molar-refractivity contribution in [3.63, 3.8) is 0 Å². The van der Waals surface area contributed by atoms with Crippen LogP contribution in [0.4, 0.5) is 4.79 Å². The molecule has 0 spiro atoms. The number of nitrogens with zero attached hydrogens (tertiary/aromatic N) is 3. The number of aromatic nitrogens is 2. The number of rotatable bonds is 3. The van der Waals surface area contributed by atoms with Crippen LogP contribution >= 0.6 is 11.6 Å². The lowest BCUT2D eigenvalue weighted by atomic mass is 10.2. The maximum atomic E-state index is 12.4. The van der Waals surface area contributed by atoms with Crippen LogP contribution in [-0.4, -0.2) is 49.1 Å². The summed E-state index contributed by atoms with van der Waals surface area (Å²) in [5.41, 5.74) is -0.538. The van der Waals surface area contributed by atoms with Gasteiger partial charge in [-0.3, -0.25) is 4.21 Å². The van der Waals surface area contributed by atoms with Gasteiger partial charge in [-0.05, 0) is 51.3 Å². The monoisotopic (exact) mass is 345 g/mol. The molecule has 22 heavy (non-hydrogen) atoms. The van der Waals surface area contributed by atoms with E-state index in [-0.39, 0.29) is 17.4 Å². The van der Waals surface area contributed by atoms with Gasteiger partial charge in [0.25, 0.3) is 0 Å². The van der Waals surface area contributed by atoms with Crippen molar-refractivity contribution in [3.8, 4) is 0 Å². The first-order valence-electron chi connectivity index (χ1n) is 7.13. The van der Waals surface area contributed by atoms with Gasteiger partial charge in [0.1, 0.15) is 10.6 Å². The fourth-order valence-corrected chi connectivity index (χ4v) is 3.74. The van der Waals surface area contributed by atoms with E-state index in [2.05, 4.69) is 9.97 Å². The van der Waals surface area contributed by atoms with Gasteiger partial charge in [0.15, 0.2) is 0 Å². The van der Waals surface area contributed by atoms with E-state index in [9.17, 15) is 9.00 Å². The fourth-order valence-electron chi connectivity index (χ4n) is 2.28. The molecular formula is C14H20ClN3O3S. The fraction of sp³-hybridized carbons (Fsp3) is 0.643. The molecule has 1 fully saturated rings. The molecule has 2 heterocycles. The molecule has 1 saturated heterocycles. The van der Waals surface area contributed by atoms with Gasteiger partial charge in [0.2, 0.25) is 5.28 Å². The predicted molar refractivity (Wildman–Crippen MR) is 84.3 cm³/mol. The summed E-state index contributed by atoms with van der Waals surface area (Å²) in [6, 6.07) is 1.47. The number of likely N-dealkylation sites (tertiary alicyclic amines) is 1. The van der Waals surface area contributed by atoms with E-state index in [4.69, 9.17) is 16.3 Å². The van der Waals surface area contributed by atoms with Gasteiger partial charge in [-0.25, -0.2) is 14.8 Å². The van der Waals surface area contributed by atoms with Crippen LogP contribution in [-0.2, 0) is 15.5 Å². The van der Waals surface area contributed by atoms with Crippen molar-refractivity contribution < 1.29 is 13.7 Å². The number of amides is 1. The largest absolute Gasteiger partial charge is 0.444 e. The Morgan fingerprint density at radius 1 is 1.55 bits per heavy atom. The van der Waals surface area contributed by atoms with Crippen LogP contribution in [0.2, 0.25) is 5.28 Å². The highest BCUT2D eigenvalue weighted by molar-refractivity contribution is 7.85. The molecule has 6 nitrogen and oxygen atoms in total. The summed E-state index contributed by atoms with van der Waals surface area (Å²) in [5.74, 6) is 0.326. The number of carbonyl (C=O) groups is 1. The Labute approximate surface area is 137 Å². The highest BCUT2D eigenvalue weighted by Gasteiger charge is 2.33. The number of carbonyl (C=O) groups excluding carboxylic acids is 1. The Bertz CT molecular complexity index is 577. The number of hydrogen-bond donors (Lipinski definition) is 0. The Kier molecular flexibility index (Phi) is 5.39. The molecule has 1 amide bonds. The third-order valence-electron chi connectivity index (χ3n) is 3.18. The molecule has 0 saturated carbocycles. The van der Waals surface area contributed by atoms with Gasteiger partial charge >= 0.3 is 6.09 Å². The highest BCUT2D eigenvalue weighted by atomic mass is 35.5. The van der Waals surface area contributed by atoms with E-state index < -0.39 is 16.4 Å². The molecule has 0 radical (unpaired) electrons. The summed E-state index contributed by atoms with van der Waals surface area (Å²) >= 11 is 5.72. The molecule has 1 aromatic heterocycles. The topological polar surface area (TPSA) is 72.4 Å². The van der Waals surface area contributed by atoms with Crippen molar-refractivity contribution in [2.24, 2.45) is 0 Å². The summed E-state index contributed by atoms with van der Waals surface area (Å²) in [6.07, 6.45) is 2.81. The van der Waals surface area contributed by atoms with Crippen LogP contribution in [0, 0.1) is 0 Å². The molecule has 0 aromatic carbocycles. The standard InChI is InChI=1S/C14H20ClN3O3S/c1-14(2,3)21-13(19)18-8-4-5-10(18)9-22(20)11-6-7-16-12(15)17-11/h6-7,10H,4-5,8-9H2,1-3H3/t10-,22+/m0/s1. The predicted octanol–water partition coefficient (Wildman–Crippen LogP) is 2.64. The summed E-state index contributed by atoms with van der Waals surface area (Å²) < 4.78 is 17.8. The van der Waals surface area contributed by atoms with Crippen molar-refractivity contribution in [2.75, 3.05) is 12.3 Å². The zero-order chi connectivity index (χ0) is 16.3. The average molecular weight is 346 g/mol. The van der Waals surface area contributed by atoms with Crippen molar-refractivity contribution in [1.29, 1.82) is 0 Å². The molecule has 2 rings (SSSR count). The summed E-state index contributed by atoms with van der Waals surface area (Å²) in [6.45, 7) is 6.12. The second kappa shape index (κ2) is 6.91. The zero-order valence-electron chi connectivity index (χ0n) is 12.9. The van der Waals surface area contributed by atoms with Gasteiger partial charge in [0, 0.05) is 18.8 Å². The van der Waals surface area contributed by atoms with Crippen LogP contribution in [0.15, 0.2) is 17.3 Å². The molecule has 0 unspecified atom stereocenters. The first-order chi connectivity index (χ1) is 10.3. The first-order valence-corrected chi connectivity index (χ1v) is 8.82. The third kappa shape index (κ3) is 4.64. The van der Waals surface area contributed by atoms with E-state index in [1.54, 1.807) is 11.0 Å². The molecule has 1 aromatic rings. The Balaban J connectivity index is 2.02. The molecule has 1 aliphatic rings. The molecule has 0 N–H and O–H groups in total. The first kappa shape index (κ1) is 17.1. The highest BCUT2D eigenvalue weighted by Crippen LogP contribution is 2.22. The van der Waals surface area contributed by atoms with Crippen molar-refractivity contribution in [3.05, 3.63) is 17.5 Å². The Hall–Kier alpha value is -1.21. The minimum absolute atomic E-state index is 0.0706. The lowest BCUT2D eigenvalue weighted by Crippen LogP contribution is -2.42. The quantitative estimate of drug-likeness (QED) is 0.622. The third-order valence-corrected chi connectivity index (χ3v) is 4.75. The smallest absolute Gasteiger partial charge is 0.410 e. The zero-order valence-corrected chi connectivity index (χ0v) is 14.5. The molecule has 8 heteroatoms. The second-order valence-electron chi connectivity index (χ2n) is 6.15. The summed E-state index contributed by atoms with van der Waals surface area (Å²) in [7, 11) is -1.33. The number of ether oxygens (including phenoxy) is 1. The second-order valence-corrected chi connectivity index (χ2v) is 7.93. The van der Waals surface area contributed by atoms with Crippen molar-refractivity contribution in [1.82, 2.24) is 14.9 Å². The molecule has 2 atom stereocenters. The van der Waals surface area contributed by atoms with Gasteiger partial charge in [-0.2, -0.15) is 0 Å². The van der Waals surface area contributed by atoms with Crippen LogP contribution < -0.4 is 0 Å². The van der Waals surface area contributed by atoms with Gasteiger partial charge in [-0.1, -0.05) is 0 Å². The molecule has 1 aliphatic heterocycles. The van der Waals surface area contributed by atoms with Gasteiger partial charge in [0.05, 0.1) is 16.6 Å². The van der Waals surface area contributed by atoms with Crippen molar-refractivity contribution in [2.45, 2.75) is 50.3 Å². The molecular weight excluding hydrogens is 326 g/mol. The number of hydrogen-bond acceptors (Lipinski definition) is 5. The van der Waals surface area contributed by atoms with E-state index >= 15 is 0 Å². The van der Waals surface area contributed by atoms with Crippen molar-refractivity contribution >= 4 is 28.5 Å². The lowest BCUT2D eigenvalue weighted by molar-refractivity contribution is 0.0241. The van der Waals surface area contributed by atoms with Crippen LogP contribution in [0.1, 0.15) is 33.6 Å². The minimum atomic E-state index is -1.33. The van der Waals surface area contributed by atoms with Crippen LogP contribution in [0.25, 0.3) is 0 Å². The number of halogens is 1. The summed E-state index contributed by atoms with van der Waals surface area (Å²) in [5, 5.41) is 0.456. The molecule has 122 valence electrons. The molecule has 0 aliphatic carbocycles. The summed E-state index contributed by atoms with van der Waals surface area (Å²) in [4.78, 5) is 21.6. The maximum absolute atomic E-state index is 12.4. The lowest BCUT2D eigenvalue weighted by Gasteiger charge is -2.28. The average Bonchev–Trinajstić information content (AvgIpc) is 2.85. The van der Waals surface area contributed by atoms with Crippen LogP contribution in [0.3, 0.4) is 0 Å².